The average Bonchev–Trinajstić information content (AvgIpc) is 2.68. The van der Waals surface area contributed by atoms with Gasteiger partial charge in [0.2, 0.25) is 5.91 Å². The summed E-state index contributed by atoms with van der Waals surface area (Å²) in [5.41, 5.74) is 4.46. The zero-order chi connectivity index (χ0) is 20.1. The summed E-state index contributed by atoms with van der Waals surface area (Å²) in [6.45, 7) is 8.62. The maximum absolute atomic E-state index is 12.5. The largest absolute Gasteiger partial charge is 0.496 e. The number of nitrogens with zero attached hydrogens (tertiary/aromatic N) is 1. The molecule has 3 rings (SSSR count). The molecule has 4 nitrogen and oxygen atoms in total. The number of methoxy groups -OCH3 is 1. The standard InChI is InChI=1S/C24H32N2O2/c1-17-6-5-13-26(16-17)22-10-8-21(9-11-22)19(3)25-24(27)15-20-7-12-23(28-4)18(2)14-20/h7-12,14,17,19H,5-6,13,15-16H2,1-4H3,(H,25,27)/t17-,19+/m0/s1. The van der Waals surface area contributed by atoms with Crippen LogP contribution < -0.4 is 15.0 Å². The fourth-order valence-corrected chi connectivity index (χ4v) is 4.01. The molecule has 1 heterocycles. The summed E-state index contributed by atoms with van der Waals surface area (Å²) in [5.74, 6) is 1.64. The van der Waals surface area contributed by atoms with Crippen LogP contribution in [0.4, 0.5) is 5.69 Å². The van der Waals surface area contributed by atoms with Crippen LogP contribution in [0, 0.1) is 12.8 Å². The van der Waals surface area contributed by atoms with E-state index in [0.29, 0.717) is 6.42 Å². The lowest BCUT2D eigenvalue weighted by Gasteiger charge is -2.33. The molecule has 0 aromatic heterocycles. The molecule has 28 heavy (non-hydrogen) atoms. The monoisotopic (exact) mass is 380 g/mol. The predicted molar refractivity (Wildman–Crippen MR) is 115 cm³/mol. The third kappa shape index (κ3) is 5.06. The number of carbonyl (C=O) groups is 1. The smallest absolute Gasteiger partial charge is 0.224 e. The quantitative estimate of drug-likeness (QED) is 0.792. The Morgan fingerprint density at radius 2 is 2.00 bits per heavy atom. The van der Waals surface area contributed by atoms with E-state index in [-0.39, 0.29) is 11.9 Å². The topological polar surface area (TPSA) is 41.6 Å². The van der Waals surface area contributed by atoms with Gasteiger partial charge in [0, 0.05) is 18.8 Å². The Balaban J connectivity index is 1.57. The zero-order valence-electron chi connectivity index (χ0n) is 17.5. The lowest BCUT2D eigenvalue weighted by Crippen LogP contribution is -2.34. The number of hydrogen-bond acceptors (Lipinski definition) is 3. The van der Waals surface area contributed by atoms with Crippen molar-refractivity contribution in [2.24, 2.45) is 5.92 Å². The minimum absolute atomic E-state index is 0.0128. The van der Waals surface area contributed by atoms with Crippen molar-refractivity contribution in [3.05, 3.63) is 59.2 Å². The number of amides is 1. The normalized spacial score (nSPS) is 17.9. The number of benzene rings is 2. The molecule has 2 atom stereocenters. The highest BCUT2D eigenvalue weighted by molar-refractivity contribution is 5.79. The van der Waals surface area contributed by atoms with Crippen LogP contribution in [0.5, 0.6) is 5.75 Å². The van der Waals surface area contributed by atoms with Crippen LogP contribution in [0.3, 0.4) is 0 Å². The minimum Gasteiger partial charge on any atom is -0.496 e. The number of piperidine rings is 1. The van der Waals surface area contributed by atoms with Crippen molar-refractivity contribution in [3.8, 4) is 5.75 Å². The van der Waals surface area contributed by atoms with Gasteiger partial charge in [0.1, 0.15) is 5.75 Å². The molecule has 1 amide bonds. The Morgan fingerprint density at radius 1 is 1.25 bits per heavy atom. The molecule has 0 aliphatic carbocycles. The molecule has 2 aromatic rings. The van der Waals surface area contributed by atoms with E-state index in [4.69, 9.17) is 4.74 Å². The number of carbonyl (C=O) groups excluding carboxylic acids is 1. The molecule has 1 N–H and O–H groups in total. The van der Waals surface area contributed by atoms with Gasteiger partial charge in [-0.25, -0.2) is 0 Å². The summed E-state index contributed by atoms with van der Waals surface area (Å²) in [6, 6.07) is 14.5. The molecule has 2 aromatic carbocycles. The second-order valence-electron chi connectivity index (χ2n) is 8.05. The highest BCUT2D eigenvalue weighted by atomic mass is 16.5. The van der Waals surface area contributed by atoms with Crippen LogP contribution in [-0.2, 0) is 11.2 Å². The number of aryl methyl sites for hydroxylation is 1. The molecule has 0 unspecified atom stereocenters. The lowest BCUT2D eigenvalue weighted by atomic mass is 9.99. The summed E-state index contributed by atoms with van der Waals surface area (Å²) in [5, 5.41) is 3.11. The van der Waals surface area contributed by atoms with E-state index in [2.05, 4.69) is 41.4 Å². The number of nitrogens with one attached hydrogen (secondary N) is 1. The second-order valence-corrected chi connectivity index (χ2v) is 8.05. The van der Waals surface area contributed by atoms with Gasteiger partial charge >= 0.3 is 0 Å². The third-order valence-electron chi connectivity index (χ3n) is 5.62. The van der Waals surface area contributed by atoms with E-state index in [0.717, 1.165) is 41.4 Å². The Morgan fingerprint density at radius 3 is 2.64 bits per heavy atom. The maximum atomic E-state index is 12.5. The second kappa shape index (κ2) is 9.13. The maximum Gasteiger partial charge on any atom is 0.224 e. The van der Waals surface area contributed by atoms with Crippen LogP contribution in [0.25, 0.3) is 0 Å². The molecule has 0 bridgehead atoms. The molecule has 1 saturated heterocycles. The minimum atomic E-state index is -0.0128. The van der Waals surface area contributed by atoms with Crippen molar-refractivity contribution in [2.75, 3.05) is 25.1 Å². The van der Waals surface area contributed by atoms with Crippen LogP contribution in [0.2, 0.25) is 0 Å². The SMILES string of the molecule is COc1ccc(CC(=O)N[C@H](C)c2ccc(N3CCC[C@H](C)C3)cc2)cc1C. The first-order chi connectivity index (χ1) is 13.5. The van der Waals surface area contributed by atoms with Crippen molar-refractivity contribution < 1.29 is 9.53 Å². The van der Waals surface area contributed by atoms with E-state index < -0.39 is 0 Å². The Bertz CT molecular complexity index is 801. The molecule has 1 fully saturated rings. The summed E-state index contributed by atoms with van der Waals surface area (Å²) < 4.78 is 5.28. The number of hydrogen-bond donors (Lipinski definition) is 1. The molecular formula is C24H32N2O2. The highest BCUT2D eigenvalue weighted by Gasteiger charge is 2.17. The third-order valence-corrected chi connectivity index (χ3v) is 5.62. The summed E-state index contributed by atoms with van der Waals surface area (Å²) in [6.07, 6.45) is 2.96. The van der Waals surface area contributed by atoms with Crippen LogP contribution in [-0.4, -0.2) is 26.1 Å². The zero-order valence-corrected chi connectivity index (χ0v) is 17.5. The number of anilines is 1. The van der Waals surface area contributed by atoms with Gasteiger partial charge in [-0.05, 0) is 67.5 Å². The summed E-state index contributed by atoms with van der Waals surface area (Å²) in [7, 11) is 1.66. The first-order valence-electron chi connectivity index (χ1n) is 10.2. The fraction of sp³-hybridized carbons (Fsp3) is 0.458. The molecule has 150 valence electrons. The summed E-state index contributed by atoms with van der Waals surface area (Å²) in [4.78, 5) is 14.9. The van der Waals surface area contributed by atoms with Gasteiger partial charge in [-0.3, -0.25) is 4.79 Å². The molecule has 0 spiro atoms. The van der Waals surface area contributed by atoms with E-state index in [1.807, 2.05) is 32.0 Å². The first-order valence-corrected chi connectivity index (χ1v) is 10.2. The van der Waals surface area contributed by atoms with E-state index >= 15 is 0 Å². The predicted octanol–water partition coefficient (Wildman–Crippen LogP) is 4.66. The number of rotatable bonds is 6. The van der Waals surface area contributed by atoms with Crippen molar-refractivity contribution in [2.45, 2.75) is 46.1 Å². The Hall–Kier alpha value is -2.49. The van der Waals surface area contributed by atoms with Crippen molar-refractivity contribution in [3.63, 3.8) is 0 Å². The van der Waals surface area contributed by atoms with Gasteiger partial charge in [0.15, 0.2) is 0 Å². The van der Waals surface area contributed by atoms with Gasteiger partial charge in [0.25, 0.3) is 0 Å². The molecule has 1 aliphatic heterocycles. The van der Waals surface area contributed by atoms with E-state index in [1.165, 1.54) is 18.5 Å². The molecule has 1 aliphatic rings. The summed E-state index contributed by atoms with van der Waals surface area (Å²) >= 11 is 0. The Labute approximate surface area is 168 Å². The van der Waals surface area contributed by atoms with Gasteiger partial charge in [0.05, 0.1) is 19.6 Å². The fourth-order valence-electron chi connectivity index (χ4n) is 4.01. The van der Waals surface area contributed by atoms with Crippen LogP contribution in [0.1, 0.15) is 49.4 Å². The average molecular weight is 381 g/mol. The molecule has 0 radical (unpaired) electrons. The highest BCUT2D eigenvalue weighted by Crippen LogP contribution is 2.25. The molecule has 4 heteroatoms. The van der Waals surface area contributed by atoms with Crippen molar-refractivity contribution in [1.29, 1.82) is 0 Å². The van der Waals surface area contributed by atoms with Crippen molar-refractivity contribution in [1.82, 2.24) is 5.32 Å². The number of ether oxygens (including phenoxy) is 1. The molecule has 0 saturated carbocycles. The van der Waals surface area contributed by atoms with Gasteiger partial charge in [-0.2, -0.15) is 0 Å². The van der Waals surface area contributed by atoms with Gasteiger partial charge < -0.3 is 15.0 Å². The first kappa shape index (κ1) is 20.2. The van der Waals surface area contributed by atoms with Crippen LogP contribution >= 0.6 is 0 Å². The lowest BCUT2D eigenvalue weighted by molar-refractivity contribution is -0.121. The van der Waals surface area contributed by atoms with E-state index in [9.17, 15) is 4.79 Å². The molecular weight excluding hydrogens is 348 g/mol. The van der Waals surface area contributed by atoms with Gasteiger partial charge in [-0.15, -0.1) is 0 Å². The van der Waals surface area contributed by atoms with Crippen molar-refractivity contribution >= 4 is 11.6 Å². The van der Waals surface area contributed by atoms with Crippen LogP contribution in [0.15, 0.2) is 42.5 Å². The van der Waals surface area contributed by atoms with E-state index in [1.54, 1.807) is 7.11 Å². The van der Waals surface area contributed by atoms with Gasteiger partial charge in [-0.1, -0.05) is 31.2 Å². The Kier molecular flexibility index (Phi) is 6.61.